The summed E-state index contributed by atoms with van der Waals surface area (Å²) >= 11 is 0. The Kier molecular flexibility index (Phi) is 4.75. The highest BCUT2D eigenvalue weighted by molar-refractivity contribution is 5.68. The monoisotopic (exact) mass is 285 g/mol. The summed E-state index contributed by atoms with van der Waals surface area (Å²) in [5, 5.41) is 0. The van der Waals surface area contributed by atoms with Gasteiger partial charge in [0.25, 0.3) is 0 Å². The van der Waals surface area contributed by atoms with E-state index in [4.69, 9.17) is 10.8 Å². The smallest absolute Gasteiger partial charge is 0.148 e. The van der Waals surface area contributed by atoms with Crippen LogP contribution >= 0.6 is 0 Å². The molecule has 0 saturated carbocycles. The fraction of sp³-hybridized carbons (Fsp3) is 0.375. The third-order valence-electron chi connectivity index (χ3n) is 3.57. The van der Waals surface area contributed by atoms with E-state index in [1.807, 2.05) is 26.1 Å². The van der Waals surface area contributed by atoms with Crippen LogP contribution in [0.2, 0.25) is 0 Å². The van der Waals surface area contributed by atoms with E-state index < -0.39 is 0 Å². The lowest BCUT2D eigenvalue weighted by atomic mass is 10.1. The number of rotatable bonds is 5. The molecule has 3 N–H and O–H groups in total. The molecule has 2 rings (SSSR count). The highest BCUT2D eigenvalue weighted by atomic mass is 15.3. The molecular weight excluding hydrogens is 262 g/mol. The Labute approximate surface area is 126 Å². The average Bonchev–Trinajstić information content (AvgIpc) is 2.49. The van der Waals surface area contributed by atoms with Crippen LogP contribution in [-0.4, -0.2) is 17.0 Å². The maximum absolute atomic E-state index is 5.59. The van der Waals surface area contributed by atoms with Gasteiger partial charge >= 0.3 is 0 Å². The van der Waals surface area contributed by atoms with Gasteiger partial charge < -0.3 is 10.3 Å². The maximum atomic E-state index is 5.59. The first-order chi connectivity index (χ1) is 10.1. The minimum absolute atomic E-state index is 0.684. The molecule has 0 radical (unpaired) electrons. The van der Waals surface area contributed by atoms with Crippen LogP contribution in [0.15, 0.2) is 24.3 Å². The van der Waals surface area contributed by atoms with Crippen LogP contribution in [0.1, 0.15) is 30.3 Å². The minimum atomic E-state index is 0.684. The van der Waals surface area contributed by atoms with Gasteiger partial charge in [0.15, 0.2) is 0 Å². The van der Waals surface area contributed by atoms with Gasteiger partial charge in [-0.3, -0.25) is 0 Å². The molecule has 0 saturated heterocycles. The predicted molar refractivity (Wildman–Crippen MR) is 87.8 cm³/mol. The molecule has 0 bridgehead atoms. The second-order valence-electron chi connectivity index (χ2n) is 5.18. The topological polar surface area (TPSA) is 67.1 Å². The Balaban J connectivity index is 2.51. The van der Waals surface area contributed by atoms with Gasteiger partial charge in [-0.2, -0.15) is 0 Å². The molecule has 2 aromatic rings. The number of hydrazine groups is 1. The summed E-state index contributed by atoms with van der Waals surface area (Å²) in [6, 6.07) is 8.25. The Bertz CT molecular complexity index is 624. The number of nitrogens with two attached hydrogens (primary N) is 1. The summed E-state index contributed by atoms with van der Waals surface area (Å²) in [5.74, 6) is 7.98. The van der Waals surface area contributed by atoms with Crippen LogP contribution in [-0.2, 0) is 6.42 Å². The third-order valence-corrected chi connectivity index (χ3v) is 3.57. The summed E-state index contributed by atoms with van der Waals surface area (Å²) in [5.41, 5.74) is 5.96. The molecule has 1 heterocycles. The number of aromatic nitrogens is 2. The number of para-hydroxylation sites is 1. The normalized spacial score (nSPS) is 10.5. The first-order valence-corrected chi connectivity index (χ1v) is 7.22. The number of hydrogen-bond donors (Lipinski definition) is 2. The van der Waals surface area contributed by atoms with Gasteiger partial charge in [-0.1, -0.05) is 25.1 Å². The van der Waals surface area contributed by atoms with Crippen molar-refractivity contribution in [2.45, 2.75) is 33.6 Å². The molecule has 1 aromatic carbocycles. The van der Waals surface area contributed by atoms with Gasteiger partial charge in [0.1, 0.15) is 17.5 Å². The summed E-state index contributed by atoms with van der Waals surface area (Å²) in [7, 11) is 2.02. The molecule has 5 heteroatoms. The molecule has 0 fully saturated rings. The predicted octanol–water partition coefficient (Wildman–Crippen LogP) is 3.10. The molecule has 0 aliphatic rings. The van der Waals surface area contributed by atoms with Crippen LogP contribution in [0, 0.1) is 13.8 Å². The third kappa shape index (κ3) is 3.13. The number of anilines is 3. The van der Waals surface area contributed by atoms with Crippen LogP contribution in [0.5, 0.6) is 0 Å². The molecule has 0 aliphatic carbocycles. The molecule has 21 heavy (non-hydrogen) atoms. The quantitative estimate of drug-likeness (QED) is 0.652. The van der Waals surface area contributed by atoms with Crippen LogP contribution in [0.3, 0.4) is 0 Å². The van der Waals surface area contributed by atoms with Crippen molar-refractivity contribution in [2.75, 3.05) is 17.4 Å². The molecule has 1 aromatic heterocycles. The zero-order valence-electron chi connectivity index (χ0n) is 13.1. The van der Waals surface area contributed by atoms with Crippen molar-refractivity contribution in [1.29, 1.82) is 0 Å². The first kappa shape index (κ1) is 15.3. The first-order valence-electron chi connectivity index (χ1n) is 7.22. The summed E-state index contributed by atoms with van der Waals surface area (Å²) in [6.45, 7) is 6.19. The van der Waals surface area contributed by atoms with Crippen LogP contribution < -0.4 is 16.2 Å². The van der Waals surface area contributed by atoms with Crippen LogP contribution in [0.25, 0.3) is 0 Å². The van der Waals surface area contributed by atoms with E-state index in [-0.39, 0.29) is 0 Å². The highest BCUT2D eigenvalue weighted by Crippen LogP contribution is 2.30. The largest absolute Gasteiger partial charge is 0.329 e. The van der Waals surface area contributed by atoms with E-state index in [1.165, 1.54) is 5.56 Å². The molecule has 0 aliphatic heterocycles. The SMILES string of the molecule is CCCc1nc(NN)c(C)c(N(C)c2ccccc2C)n1. The number of benzene rings is 1. The van der Waals surface area contributed by atoms with E-state index in [2.05, 4.69) is 41.3 Å². The van der Waals surface area contributed by atoms with Gasteiger partial charge in [-0.25, -0.2) is 15.8 Å². The number of nitrogens with one attached hydrogen (secondary N) is 1. The zero-order chi connectivity index (χ0) is 15.4. The summed E-state index contributed by atoms with van der Waals surface area (Å²) in [6.07, 6.45) is 1.84. The lowest BCUT2D eigenvalue weighted by Crippen LogP contribution is -2.19. The van der Waals surface area contributed by atoms with Crippen molar-refractivity contribution in [3.8, 4) is 0 Å². The summed E-state index contributed by atoms with van der Waals surface area (Å²) < 4.78 is 0. The van der Waals surface area contributed by atoms with E-state index in [0.29, 0.717) is 5.82 Å². The van der Waals surface area contributed by atoms with E-state index in [0.717, 1.165) is 35.7 Å². The summed E-state index contributed by atoms with van der Waals surface area (Å²) in [4.78, 5) is 11.3. The van der Waals surface area contributed by atoms with Gasteiger partial charge in [0.05, 0.1) is 0 Å². The lowest BCUT2D eigenvalue weighted by Gasteiger charge is -2.23. The van der Waals surface area contributed by atoms with Crippen molar-refractivity contribution in [3.05, 3.63) is 41.2 Å². The van der Waals surface area contributed by atoms with E-state index >= 15 is 0 Å². The zero-order valence-corrected chi connectivity index (χ0v) is 13.1. The molecule has 0 atom stereocenters. The maximum Gasteiger partial charge on any atom is 0.148 e. The van der Waals surface area contributed by atoms with E-state index in [1.54, 1.807) is 0 Å². The molecular formula is C16H23N5. The van der Waals surface area contributed by atoms with Gasteiger partial charge in [0, 0.05) is 24.7 Å². The number of nitrogens with zero attached hydrogens (tertiary/aromatic N) is 3. The number of hydrogen-bond acceptors (Lipinski definition) is 5. The van der Waals surface area contributed by atoms with E-state index in [9.17, 15) is 0 Å². The fourth-order valence-electron chi connectivity index (χ4n) is 2.41. The van der Waals surface area contributed by atoms with Crippen molar-refractivity contribution in [1.82, 2.24) is 9.97 Å². The minimum Gasteiger partial charge on any atom is -0.329 e. The van der Waals surface area contributed by atoms with Crippen molar-refractivity contribution < 1.29 is 0 Å². The van der Waals surface area contributed by atoms with Crippen molar-refractivity contribution in [2.24, 2.45) is 5.84 Å². The molecule has 112 valence electrons. The van der Waals surface area contributed by atoms with Crippen molar-refractivity contribution >= 4 is 17.3 Å². The Hall–Kier alpha value is -2.14. The fourth-order valence-corrected chi connectivity index (χ4v) is 2.41. The van der Waals surface area contributed by atoms with Gasteiger partial charge in [-0.15, -0.1) is 0 Å². The van der Waals surface area contributed by atoms with Crippen LogP contribution in [0.4, 0.5) is 17.3 Å². The Morgan fingerprint density at radius 3 is 2.52 bits per heavy atom. The number of aryl methyl sites for hydroxylation is 2. The number of nitrogen functional groups attached to an aromatic ring is 1. The molecule has 0 unspecified atom stereocenters. The Morgan fingerprint density at radius 2 is 1.90 bits per heavy atom. The molecule has 0 spiro atoms. The molecule has 5 nitrogen and oxygen atoms in total. The average molecular weight is 285 g/mol. The lowest BCUT2D eigenvalue weighted by molar-refractivity contribution is 0.827. The second kappa shape index (κ2) is 6.54. The second-order valence-corrected chi connectivity index (χ2v) is 5.18. The standard InChI is InChI=1S/C16H23N5/c1-5-8-14-18-15(20-17)12(3)16(19-14)21(4)13-10-7-6-9-11(13)2/h6-7,9-10H,5,8,17H2,1-4H3,(H,18,19,20). The van der Waals surface area contributed by atoms with Gasteiger partial charge in [0.2, 0.25) is 0 Å². The highest BCUT2D eigenvalue weighted by Gasteiger charge is 2.15. The van der Waals surface area contributed by atoms with Crippen molar-refractivity contribution in [3.63, 3.8) is 0 Å². The molecule has 0 amide bonds. The Morgan fingerprint density at radius 1 is 1.19 bits per heavy atom. The van der Waals surface area contributed by atoms with Gasteiger partial charge in [-0.05, 0) is 31.9 Å².